The van der Waals surface area contributed by atoms with Gasteiger partial charge in [0.15, 0.2) is 0 Å². The van der Waals surface area contributed by atoms with Crippen LogP contribution in [0.4, 0.5) is 0 Å². The summed E-state index contributed by atoms with van der Waals surface area (Å²) in [7, 11) is 0. The standard InChI is InChI=1S/C10H12Cl2.2ClH/c1-2-3-4-8-5-6-9(11)10(12)7-8;;/h5-7H,2-4H2,1H3;2*1H. The summed E-state index contributed by atoms with van der Waals surface area (Å²) in [4.78, 5) is 0. The van der Waals surface area contributed by atoms with Gasteiger partial charge in [-0.3, -0.25) is 0 Å². The highest BCUT2D eigenvalue weighted by atomic mass is 35.5. The predicted octanol–water partition coefficient (Wildman–Crippen LogP) is 5.18. The molecule has 0 fully saturated rings. The zero-order chi connectivity index (χ0) is 8.97. The third kappa shape index (κ3) is 5.31. The van der Waals surface area contributed by atoms with Crippen molar-refractivity contribution in [2.45, 2.75) is 26.2 Å². The van der Waals surface area contributed by atoms with E-state index in [1.54, 1.807) is 0 Å². The van der Waals surface area contributed by atoms with Crippen molar-refractivity contribution in [3.8, 4) is 0 Å². The summed E-state index contributed by atoms with van der Waals surface area (Å²) in [5, 5.41) is 1.29. The number of halogens is 4. The first-order valence-electron chi connectivity index (χ1n) is 4.18. The quantitative estimate of drug-likeness (QED) is 0.713. The maximum Gasteiger partial charge on any atom is 0.0595 e. The van der Waals surface area contributed by atoms with Gasteiger partial charge in [0.2, 0.25) is 0 Å². The molecular formula is C10H14Cl4. The average molecular weight is 276 g/mol. The molecule has 0 radical (unpaired) electrons. The number of aryl methyl sites for hydroxylation is 1. The monoisotopic (exact) mass is 274 g/mol. The minimum Gasteiger partial charge on any atom is -0.147 e. The van der Waals surface area contributed by atoms with Gasteiger partial charge in [-0.2, -0.15) is 0 Å². The molecular weight excluding hydrogens is 262 g/mol. The Bertz CT molecular complexity index is 260. The highest BCUT2D eigenvalue weighted by Gasteiger charge is 1.98. The van der Waals surface area contributed by atoms with E-state index >= 15 is 0 Å². The van der Waals surface area contributed by atoms with E-state index in [0.717, 1.165) is 6.42 Å². The van der Waals surface area contributed by atoms with Gasteiger partial charge in [0.05, 0.1) is 10.0 Å². The topological polar surface area (TPSA) is 0 Å². The molecule has 0 unspecified atom stereocenters. The Kier molecular flexibility index (Phi) is 10.4. The Morgan fingerprint density at radius 3 is 2.21 bits per heavy atom. The zero-order valence-corrected chi connectivity index (χ0v) is 11.1. The number of rotatable bonds is 3. The van der Waals surface area contributed by atoms with Crippen molar-refractivity contribution >= 4 is 48.0 Å². The molecule has 0 N–H and O–H groups in total. The fourth-order valence-electron chi connectivity index (χ4n) is 1.08. The van der Waals surface area contributed by atoms with E-state index in [-0.39, 0.29) is 24.8 Å². The van der Waals surface area contributed by atoms with Gasteiger partial charge in [0.1, 0.15) is 0 Å². The maximum atomic E-state index is 5.86. The number of hydrogen-bond acceptors (Lipinski definition) is 0. The number of unbranched alkanes of at least 4 members (excludes halogenated alkanes) is 1. The molecule has 14 heavy (non-hydrogen) atoms. The second-order valence-corrected chi connectivity index (χ2v) is 3.67. The summed E-state index contributed by atoms with van der Waals surface area (Å²) in [6.07, 6.45) is 3.51. The van der Waals surface area contributed by atoms with E-state index in [1.807, 2.05) is 18.2 Å². The van der Waals surface area contributed by atoms with Crippen LogP contribution in [0.3, 0.4) is 0 Å². The van der Waals surface area contributed by atoms with Crippen molar-refractivity contribution < 1.29 is 0 Å². The van der Waals surface area contributed by atoms with Crippen LogP contribution in [0.25, 0.3) is 0 Å². The predicted molar refractivity (Wildman–Crippen MR) is 69.6 cm³/mol. The first kappa shape index (κ1) is 16.8. The van der Waals surface area contributed by atoms with Gasteiger partial charge in [0.25, 0.3) is 0 Å². The highest BCUT2D eigenvalue weighted by molar-refractivity contribution is 6.42. The van der Waals surface area contributed by atoms with Crippen LogP contribution in [-0.4, -0.2) is 0 Å². The number of benzene rings is 1. The van der Waals surface area contributed by atoms with Gasteiger partial charge >= 0.3 is 0 Å². The van der Waals surface area contributed by atoms with Crippen LogP contribution in [0.1, 0.15) is 25.3 Å². The van der Waals surface area contributed by atoms with Crippen molar-refractivity contribution in [2.24, 2.45) is 0 Å². The second kappa shape index (κ2) is 8.67. The Hall–Kier alpha value is 0.380. The lowest BCUT2D eigenvalue weighted by molar-refractivity contribution is 0.795. The molecule has 0 amide bonds. The molecule has 1 rings (SSSR count). The molecule has 0 aliphatic heterocycles. The lowest BCUT2D eigenvalue weighted by atomic mass is 10.1. The molecule has 0 saturated carbocycles. The first-order chi connectivity index (χ1) is 5.74. The highest BCUT2D eigenvalue weighted by Crippen LogP contribution is 2.23. The minimum atomic E-state index is 0. The molecule has 0 bridgehead atoms. The molecule has 82 valence electrons. The van der Waals surface area contributed by atoms with Gasteiger partial charge < -0.3 is 0 Å². The summed E-state index contributed by atoms with van der Waals surface area (Å²) in [5.74, 6) is 0. The SMILES string of the molecule is CCCCc1ccc(Cl)c(Cl)c1.Cl.Cl. The van der Waals surface area contributed by atoms with Gasteiger partial charge in [0, 0.05) is 0 Å². The normalized spacial score (nSPS) is 8.79. The van der Waals surface area contributed by atoms with Crippen LogP contribution in [0, 0.1) is 0 Å². The van der Waals surface area contributed by atoms with Crippen LogP contribution < -0.4 is 0 Å². The molecule has 0 heterocycles. The van der Waals surface area contributed by atoms with Crippen LogP contribution >= 0.6 is 48.0 Å². The van der Waals surface area contributed by atoms with E-state index < -0.39 is 0 Å². The molecule has 4 heteroatoms. The molecule has 0 nitrogen and oxygen atoms in total. The number of hydrogen-bond donors (Lipinski definition) is 0. The van der Waals surface area contributed by atoms with Crippen molar-refractivity contribution in [3.05, 3.63) is 33.8 Å². The zero-order valence-electron chi connectivity index (χ0n) is 7.93. The molecule has 0 aliphatic carbocycles. The van der Waals surface area contributed by atoms with Gasteiger partial charge in [-0.15, -0.1) is 24.8 Å². The third-order valence-corrected chi connectivity index (χ3v) is 2.54. The minimum absolute atomic E-state index is 0. The average Bonchev–Trinajstić information content (AvgIpc) is 2.07. The maximum absolute atomic E-state index is 5.86. The van der Waals surface area contributed by atoms with Crippen LogP contribution in [0.5, 0.6) is 0 Å². The molecule has 0 spiro atoms. The lowest BCUT2D eigenvalue weighted by Crippen LogP contribution is -1.83. The molecule has 0 aliphatic rings. The van der Waals surface area contributed by atoms with Crippen molar-refractivity contribution in [3.63, 3.8) is 0 Å². The Morgan fingerprint density at radius 2 is 1.71 bits per heavy atom. The van der Waals surface area contributed by atoms with Crippen molar-refractivity contribution in [1.82, 2.24) is 0 Å². The van der Waals surface area contributed by atoms with E-state index in [4.69, 9.17) is 23.2 Å². The molecule has 0 aromatic heterocycles. The molecule has 1 aromatic rings. The van der Waals surface area contributed by atoms with E-state index in [9.17, 15) is 0 Å². The van der Waals surface area contributed by atoms with E-state index in [2.05, 4.69) is 6.92 Å². The van der Waals surface area contributed by atoms with Crippen LogP contribution in [0.15, 0.2) is 18.2 Å². The smallest absolute Gasteiger partial charge is 0.0595 e. The summed E-state index contributed by atoms with van der Waals surface area (Å²) in [5.41, 5.74) is 1.27. The first-order valence-corrected chi connectivity index (χ1v) is 4.93. The largest absolute Gasteiger partial charge is 0.147 e. The second-order valence-electron chi connectivity index (χ2n) is 2.85. The van der Waals surface area contributed by atoms with Gasteiger partial charge in [-0.1, -0.05) is 42.6 Å². The summed E-state index contributed by atoms with van der Waals surface area (Å²) in [6.45, 7) is 2.18. The molecule has 0 saturated heterocycles. The van der Waals surface area contributed by atoms with Crippen LogP contribution in [-0.2, 0) is 6.42 Å². The molecule has 0 atom stereocenters. The molecule has 1 aromatic carbocycles. The van der Waals surface area contributed by atoms with Crippen LogP contribution in [0.2, 0.25) is 10.0 Å². The summed E-state index contributed by atoms with van der Waals surface area (Å²) in [6, 6.07) is 5.83. The third-order valence-electron chi connectivity index (χ3n) is 1.80. The van der Waals surface area contributed by atoms with Crippen molar-refractivity contribution in [2.75, 3.05) is 0 Å². The Balaban J connectivity index is 0. The van der Waals surface area contributed by atoms with Crippen molar-refractivity contribution in [1.29, 1.82) is 0 Å². The van der Waals surface area contributed by atoms with E-state index in [0.29, 0.717) is 10.0 Å². The summed E-state index contributed by atoms with van der Waals surface area (Å²) >= 11 is 11.6. The Labute approximate surface area is 108 Å². The fraction of sp³-hybridized carbons (Fsp3) is 0.400. The summed E-state index contributed by atoms with van der Waals surface area (Å²) < 4.78 is 0. The van der Waals surface area contributed by atoms with E-state index in [1.165, 1.54) is 18.4 Å². The lowest BCUT2D eigenvalue weighted by Gasteiger charge is -2.01. The van der Waals surface area contributed by atoms with Gasteiger partial charge in [-0.25, -0.2) is 0 Å². The fourth-order valence-corrected chi connectivity index (χ4v) is 1.40. The Morgan fingerprint density at radius 1 is 1.07 bits per heavy atom. The van der Waals surface area contributed by atoms with Gasteiger partial charge in [-0.05, 0) is 30.5 Å².